The number of primary amides is 1. The third kappa shape index (κ3) is 6.39. The molecule has 0 saturated heterocycles. The average Bonchev–Trinajstić information content (AvgIpc) is 2.88. The number of carbonyl (C=O) groups is 1. The molecule has 0 spiro atoms. The van der Waals surface area contributed by atoms with E-state index in [0.29, 0.717) is 16.5 Å². The Balaban J connectivity index is 1.63. The van der Waals surface area contributed by atoms with Crippen LogP contribution in [0.25, 0.3) is 0 Å². The zero-order chi connectivity index (χ0) is 26.4. The minimum atomic E-state index is -0.815. The van der Waals surface area contributed by atoms with Gasteiger partial charge >= 0.3 is 11.4 Å². The predicted octanol–water partition coefficient (Wildman–Crippen LogP) is 2.78. The minimum Gasteiger partial charge on any atom is -0.439 e. The number of halogens is 1. The molecule has 4 aromatic rings. The molecule has 0 aliphatic heterocycles. The van der Waals surface area contributed by atoms with Crippen molar-refractivity contribution < 1.29 is 9.53 Å². The van der Waals surface area contributed by atoms with Crippen LogP contribution in [0.3, 0.4) is 0 Å². The summed E-state index contributed by atoms with van der Waals surface area (Å²) in [7, 11) is 0. The molecular formula is C25H20ClN7O4. The SMILES string of the molecule is N#Cc1cccc(Oc2ccc(Nc3nc(=O)n(CCC(N)=O)c(=O)n3Cc3ccc(Cl)cc3)cc2)n1. The summed E-state index contributed by atoms with van der Waals surface area (Å²) in [5.74, 6) is 0.0891. The molecule has 4 rings (SSSR count). The van der Waals surface area contributed by atoms with Crippen LogP contribution >= 0.6 is 11.6 Å². The van der Waals surface area contributed by atoms with E-state index in [4.69, 9.17) is 27.3 Å². The van der Waals surface area contributed by atoms with Crippen molar-refractivity contribution in [3.8, 4) is 17.7 Å². The second-order valence-corrected chi connectivity index (χ2v) is 8.24. The maximum Gasteiger partial charge on any atom is 0.354 e. The van der Waals surface area contributed by atoms with E-state index < -0.39 is 17.3 Å². The van der Waals surface area contributed by atoms with Crippen molar-refractivity contribution in [3.63, 3.8) is 0 Å². The standard InChI is InChI=1S/C25H20ClN7O4/c26-17-6-4-16(5-7-17)15-33-23(31-24(35)32(25(33)36)13-12-21(28)34)30-18-8-10-20(11-9-18)37-22-3-1-2-19(14-27)29-22/h1-11H,12-13,15H2,(H2,28,34)(H,30,31,35). The Hall–Kier alpha value is -4.95. The third-order valence-corrected chi connectivity index (χ3v) is 5.41. The molecule has 0 aliphatic carbocycles. The maximum absolute atomic E-state index is 13.2. The molecule has 186 valence electrons. The maximum atomic E-state index is 13.2. The predicted molar refractivity (Wildman–Crippen MR) is 136 cm³/mol. The van der Waals surface area contributed by atoms with Crippen LogP contribution in [-0.4, -0.2) is 25.0 Å². The highest BCUT2D eigenvalue weighted by atomic mass is 35.5. The zero-order valence-corrected chi connectivity index (χ0v) is 20.1. The van der Waals surface area contributed by atoms with Gasteiger partial charge in [0.25, 0.3) is 0 Å². The summed E-state index contributed by atoms with van der Waals surface area (Å²) >= 11 is 5.97. The number of benzene rings is 2. The number of hydrogen-bond donors (Lipinski definition) is 2. The lowest BCUT2D eigenvalue weighted by atomic mass is 10.2. The molecule has 11 nitrogen and oxygen atoms in total. The van der Waals surface area contributed by atoms with E-state index in [0.717, 1.165) is 10.1 Å². The molecule has 0 saturated carbocycles. The summed E-state index contributed by atoms with van der Waals surface area (Å²) in [6, 6.07) is 20.3. The Labute approximate surface area is 215 Å². The van der Waals surface area contributed by atoms with Gasteiger partial charge in [0, 0.05) is 29.7 Å². The van der Waals surface area contributed by atoms with Crippen molar-refractivity contribution in [1.29, 1.82) is 5.26 Å². The topological polar surface area (TPSA) is 158 Å². The Kier molecular flexibility index (Phi) is 7.61. The first-order chi connectivity index (χ1) is 17.8. The zero-order valence-electron chi connectivity index (χ0n) is 19.3. The molecular weight excluding hydrogens is 498 g/mol. The molecule has 12 heteroatoms. The van der Waals surface area contributed by atoms with Crippen molar-refractivity contribution in [2.24, 2.45) is 5.73 Å². The molecule has 2 heterocycles. The molecule has 0 fully saturated rings. The van der Waals surface area contributed by atoms with Crippen molar-refractivity contribution in [2.45, 2.75) is 19.5 Å². The first kappa shape index (κ1) is 25.2. The Bertz CT molecular complexity index is 1590. The Morgan fingerprint density at radius 1 is 1.03 bits per heavy atom. The van der Waals surface area contributed by atoms with Crippen LogP contribution in [0.5, 0.6) is 11.6 Å². The van der Waals surface area contributed by atoms with Gasteiger partial charge in [-0.05, 0) is 48.0 Å². The summed E-state index contributed by atoms with van der Waals surface area (Å²) in [5, 5.41) is 12.5. The van der Waals surface area contributed by atoms with Crippen molar-refractivity contribution in [1.82, 2.24) is 19.1 Å². The van der Waals surface area contributed by atoms with E-state index in [1.54, 1.807) is 66.7 Å². The van der Waals surface area contributed by atoms with E-state index in [1.807, 2.05) is 6.07 Å². The molecule has 1 amide bonds. The molecule has 2 aromatic carbocycles. The molecule has 0 radical (unpaired) electrons. The van der Waals surface area contributed by atoms with Gasteiger partial charge in [0.1, 0.15) is 17.5 Å². The largest absolute Gasteiger partial charge is 0.439 e. The molecule has 3 N–H and O–H groups in total. The summed E-state index contributed by atoms with van der Waals surface area (Å²) < 4.78 is 7.83. The number of hydrogen-bond acceptors (Lipinski definition) is 8. The van der Waals surface area contributed by atoms with Crippen LogP contribution in [0.1, 0.15) is 17.7 Å². The van der Waals surface area contributed by atoms with Gasteiger partial charge in [-0.3, -0.25) is 9.36 Å². The number of nitriles is 1. The summed E-state index contributed by atoms with van der Waals surface area (Å²) in [5.41, 5.74) is 5.22. The van der Waals surface area contributed by atoms with Gasteiger partial charge in [0.15, 0.2) is 0 Å². The molecule has 37 heavy (non-hydrogen) atoms. The number of carbonyl (C=O) groups excluding carboxylic acids is 1. The number of rotatable bonds is 9. The van der Waals surface area contributed by atoms with E-state index in [9.17, 15) is 14.4 Å². The van der Waals surface area contributed by atoms with Crippen LogP contribution in [-0.2, 0) is 17.9 Å². The number of nitrogens with zero attached hydrogens (tertiary/aromatic N) is 5. The van der Waals surface area contributed by atoms with Gasteiger partial charge in [0.2, 0.25) is 17.7 Å². The van der Waals surface area contributed by atoms with Crippen LogP contribution in [0.15, 0.2) is 76.3 Å². The highest BCUT2D eigenvalue weighted by molar-refractivity contribution is 6.30. The average molecular weight is 518 g/mol. The number of nitrogens with one attached hydrogen (secondary N) is 1. The number of anilines is 2. The minimum absolute atomic E-state index is 0.0114. The quantitative estimate of drug-likeness (QED) is 0.343. The molecule has 2 aromatic heterocycles. The van der Waals surface area contributed by atoms with Crippen LogP contribution in [0.4, 0.5) is 11.6 Å². The number of aromatic nitrogens is 4. The number of ether oxygens (including phenoxy) is 1. The second kappa shape index (κ2) is 11.2. The van der Waals surface area contributed by atoms with E-state index in [2.05, 4.69) is 15.3 Å². The van der Waals surface area contributed by atoms with E-state index >= 15 is 0 Å². The smallest absolute Gasteiger partial charge is 0.354 e. The second-order valence-electron chi connectivity index (χ2n) is 7.81. The number of nitrogens with two attached hydrogens (primary N) is 1. The Morgan fingerprint density at radius 2 is 1.76 bits per heavy atom. The third-order valence-electron chi connectivity index (χ3n) is 5.16. The van der Waals surface area contributed by atoms with Crippen LogP contribution in [0.2, 0.25) is 5.02 Å². The molecule has 0 aliphatic rings. The fourth-order valence-corrected chi connectivity index (χ4v) is 3.47. The lowest BCUT2D eigenvalue weighted by Gasteiger charge is -2.16. The highest BCUT2D eigenvalue weighted by Gasteiger charge is 2.15. The normalized spacial score (nSPS) is 10.5. The molecule has 0 atom stereocenters. The van der Waals surface area contributed by atoms with E-state index in [1.165, 1.54) is 4.57 Å². The summed E-state index contributed by atoms with van der Waals surface area (Å²) in [4.78, 5) is 45.1. The fourth-order valence-electron chi connectivity index (χ4n) is 3.34. The van der Waals surface area contributed by atoms with Gasteiger partial charge in [-0.2, -0.15) is 10.2 Å². The lowest BCUT2D eigenvalue weighted by Crippen LogP contribution is -2.43. The van der Waals surface area contributed by atoms with Crippen molar-refractivity contribution in [3.05, 3.63) is 104 Å². The first-order valence-electron chi connectivity index (χ1n) is 11.0. The van der Waals surface area contributed by atoms with E-state index in [-0.39, 0.29) is 37.0 Å². The Morgan fingerprint density at radius 3 is 2.43 bits per heavy atom. The number of amides is 1. The van der Waals surface area contributed by atoms with Gasteiger partial charge in [-0.15, -0.1) is 0 Å². The fraction of sp³-hybridized carbons (Fsp3) is 0.120. The summed E-state index contributed by atoms with van der Waals surface area (Å²) in [6.07, 6.45) is -0.182. The van der Waals surface area contributed by atoms with Crippen molar-refractivity contribution >= 4 is 29.1 Å². The van der Waals surface area contributed by atoms with Gasteiger partial charge in [-0.25, -0.2) is 19.1 Å². The number of pyridine rings is 1. The monoisotopic (exact) mass is 517 g/mol. The first-order valence-corrected chi connectivity index (χ1v) is 11.4. The molecule has 0 unspecified atom stereocenters. The summed E-state index contributed by atoms with van der Waals surface area (Å²) in [6.45, 7) is -0.0990. The lowest BCUT2D eigenvalue weighted by molar-refractivity contribution is -0.118. The van der Waals surface area contributed by atoms with Crippen LogP contribution in [0, 0.1) is 11.3 Å². The van der Waals surface area contributed by atoms with Crippen molar-refractivity contribution in [2.75, 3.05) is 5.32 Å². The van der Waals surface area contributed by atoms with Crippen LogP contribution < -0.4 is 27.2 Å². The van der Waals surface area contributed by atoms with Gasteiger partial charge < -0.3 is 15.8 Å². The van der Waals surface area contributed by atoms with Gasteiger partial charge in [-0.1, -0.05) is 29.8 Å². The molecule has 0 bridgehead atoms. The van der Waals surface area contributed by atoms with Gasteiger partial charge in [0.05, 0.1) is 6.54 Å². The highest BCUT2D eigenvalue weighted by Crippen LogP contribution is 2.23.